The van der Waals surface area contributed by atoms with Crippen LogP contribution >= 0.6 is 0 Å². The van der Waals surface area contributed by atoms with Gasteiger partial charge in [-0.1, -0.05) is 26.7 Å². The first-order valence-electron chi connectivity index (χ1n) is 5.98. The van der Waals surface area contributed by atoms with Crippen LogP contribution in [0.5, 0.6) is 0 Å². The molecule has 2 rings (SSSR count). The van der Waals surface area contributed by atoms with Gasteiger partial charge in [0.15, 0.2) is 11.6 Å². The summed E-state index contributed by atoms with van der Waals surface area (Å²) in [7, 11) is 0. The molecule has 102 valence electrons. The quantitative estimate of drug-likeness (QED) is 0.894. The van der Waals surface area contributed by atoms with Crippen molar-refractivity contribution in [2.75, 3.05) is 0 Å². The van der Waals surface area contributed by atoms with Crippen molar-refractivity contribution < 1.29 is 18.7 Å². The number of hydrogen-bond donors (Lipinski definition) is 1. The molecule has 0 unspecified atom stereocenters. The van der Waals surface area contributed by atoms with E-state index in [2.05, 4.69) is 18.8 Å². The molecule has 0 aliphatic carbocycles. The highest BCUT2D eigenvalue weighted by molar-refractivity contribution is 5.92. The summed E-state index contributed by atoms with van der Waals surface area (Å²) in [6.45, 7) is 4.36. The van der Waals surface area contributed by atoms with Gasteiger partial charge in [-0.3, -0.25) is 4.98 Å². The molecule has 1 N–H and O–H groups in total. The van der Waals surface area contributed by atoms with Crippen LogP contribution in [0.4, 0.5) is 8.78 Å². The van der Waals surface area contributed by atoms with Crippen molar-refractivity contribution in [2.24, 2.45) is 0 Å². The SMILES string of the molecule is CCCC.O=C(O)c1cnc2c(F)c(F)ccc2c1. The molecule has 0 aliphatic heterocycles. The number of fused-ring (bicyclic) bond motifs is 1. The number of nitrogens with zero attached hydrogens (tertiary/aromatic N) is 1. The normalized spacial score (nSPS) is 9.89. The zero-order valence-electron chi connectivity index (χ0n) is 10.8. The van der Waals surface area contributed by atoms with Crippen molar-refractivity contribution in [1.82, 2.24) is 4.98 Å². The molecule has 1 aromatic carbocycles. The number of carboxylic acids is 1. The molecule has 0 radical (unpaired) electrons. The lowest BCUT2D eigenvalue weighted by atomic mass is 10.1. The standard InChI is InChI=1S/C10H5F2NO2.C4H10/c11-7-2-1-5-3-6(10(14)15)4-13-9(5)8(7)12;1-3-4-2/h1-4H,(H,14,15);3-4H2,1-2H3. The summed E-state index contributed by atoms with van der Waals surface area (Å²) >= 11 is 0. The predicted octanol–water partition coefficient (Wildman–Crippen LogP) is 4.02. The Morgan fingerprint density at radius 3 is 2.42 bits per heavy atom. The van der Waals surface area contributed by atoms with Gasteiger partial charge in [0.25, 0.3) is 0 Å². The molecule has 0 saturated carbocycles. The number of rotatable bonds is 2. The number of hydrogen-bond acceptors (Lipinski definition) is 2. The molecule has 0 atom stereocenters. The summed E-state index contributed by atoms with van der Waals surface area (Å²) in [6, 6.07) is 3.46. The maximum absolute atomic E-state index is 13.1. The summed E-state index contributed by atoms with van der Waals surface area (Å²) in [5, 5.41) is 8.92. The highest BCUT2D eigenvalue weighted by atomic mass is 19.2. The fourth-order valence-electron chi connectivity index (χ4n) is 1.26. The third kappa shape index (κ3) is 3.71. The average Bonchev–Trinajstić information content (AvgIpc) is 2.43. The Balaban J connectivity index is 0.000000399. The minimum atomic E-state index is -1.16. The topological polar surface area (TPSA) is 50.2 Å². The van der Waals surface area contributed by atoms with Gasteiger partial charge in [0.1, 0.15) is 5.52 Å². The van der Waals surface area contributed by atoms with Crippen molar-refractivity contribution in [3.63, 3.8) is 0 Å². The van der Waals surface area contributed by atoms with Crippen LogP contribution in [0.25, 0.3) is 10.9 Å². The minimum absolute atomic E-state index is 0.0616. The Labute approximate surface area is 109 Å². The Morgan fingerprint density at radius 2 is 1.89 bits per heavy atom. The van der Waals surface area contributed by atoms with E-state index in [0.29, 0.717) is 0 Å². The Bertz CT molecular complexity index is 583. The van der Waals surface area contributed by atoms with E-state index < -0.39 is 17.6 Å². The maximum Gasteiger partial charge on any atom is 0.337 e. The van der Waals surface area contributed by atoms with E-state index in [9.17, 15) is 13.6 Å². The Kier molecular flexibility index (Phi) is 5.36. The van der Waals surface area contributed by atoms with Crippen molar-refractivity contribution in [3.05, 3.63) is 41.6 Å². The summed E-state index contributed by atoms with van der Waals surface area (Å²) < 4.78 is 25.9. The zero-order valence-corrected chi connectivity index (χ0v) is 10.8. The second kappa shape index (κ2) is 6.78. The van der Waals surface area contributed by atoms with E-state index in [1.165, 1.54) is 25.0 Å². The lowest BCUT2D eigenvalue weighted by Gasteiger charge is -2.00. The molecule has 0 saturated heterocycles. The smallest absolute Gasteiger partial charge is 0.337 e. The number of carboxylic acid groups (broad SMARTS) is 1. The molecule has 0 bridgehead atoms. The lowest BCUT2D eigenvalue weighted by Crippen LogP contribution is -1.98. The number of benzene rings is 1. The molecular weight excluding hydrogens is 252 g/mol. The third-order valence-electron chi connectivity index (χ3n) is 2.49. The molecule has 3 nitrogen and oxygen atoms in total. The van der Waals surface area contributed by atoms with Crippen LogP contribution in [-0.2, 0) is 0 Å². The van der Waals surface area contributed by atoms with Crippen LogP contribution in [0.2, 0.25) is 0 Å². The Morgan fingerprint density at radius 1 is 1.26 bits per heavy atom. The van der Waals surface area contributed by atoms with Gasteiger partial charge in [-0.25, -0.2) is 13.6 Å². The number of unbranched alkanes of at least 4 members (excludes halogenated alkanes) is 1. The highest BCUT2D eigenvalue weighted by Crippen LogP contribution is 2.19. The molecule has 5 heteroatoms. The minimum Gasteiger partial charge on any atom is -0.478 e. The third-order valence-corrected chi connectivity index (χ3v) is 2.49. The lowest BCUT2D eigenvalue weighted by molar-refractivity contribution is 0.0696. The second-order valence-corrected chi connectivity index (χ2v) is 3.96. The first-order chi connectivity index (χ1) is 9.01. The number of pyridine rings is 1. The summed E-state index contributed by atoms with van der Waals surface area (Å²) in [6.07, 6.45) is 3.63. The predicted molar refractivity (Wildman–Crippen MR) is 69.2 cm³/mol. The maximum atomic E-state index is 13.1. The fraction of sp³-hybridized carbons (Fsp3) is 0.286. The van der Waals surface area contributed by atoms with Crippen LogP contribution in [0.3, 0.4) is 0 Å². The molecule has 0 fully saturated rings. The monoisotopic (exact) mass is 267 g/mol. The molecule has 19 heavy (non-hydrogen) atoms. The van der Waals surface area contributed by atoms with E-state index in [1.807, 2.05) is 0 Å². The number of carbonyl (C=O) groups is 1. The van der Waals surface area contributed by atoms with E-state index in [-0.39, 0.29) is 16.5 Å². The van der Waals surface area contributed by atoms with Gasteiger partial charge in [0, 0.05) is 11.6 Å². The van der Waals surface area contributed by atoms with Crippen LogP contribution in [0.1, 0.15) is 37.0 Å². The van der Waals surface area contributed by atoms with Crippen molar-refractivity contribution in [1.29, 1.82) is 0 Å². The van der Waals surface area contributed by atoms with Crippen LogP contribution in [0, 0.1) is 11.6 Å². The largest absolute Gasteiger partial charge is 0.478 e. The number of aromatic nitrogens is 1. The number of halogens is 2. The van der Waals surface area contributed by atoms with Crippen LogP contribution in [0.15, 0.2) is 24.4 Å². The van der Waals surface area contributed by atoms with Gasteiger partial charge in [-0.15, -0.1) is 0 Å². The summed E-state index contributed by atoms with van der Waals surface area (Å²) in [5.41, 5.74) is -0.228. The zero-order chi connectivity index (χ0) is 14.4. The van der Waals surface area contributed by atoms with E-state index in [4.69, 9.17) is 5.11 Å². The Hall–Kier alpha value is -2.04. The fourth-order valence-corrected chi connectivity index (χ4v) is 1.26. The average molecular weight is 267 g/mol. The van der Waals surface area contributed by atoms with Crippen LogP contribution in [-0.4, -0.2) is 16.1 Å². The van der Waals surface area contributed by atoms with Crippen molar-refractivity contribution >= 4 is 16.9 Å². The van der Waals surface area contributed by atoms with Crippen LogP contribution < -0.4 is 0 Å². The van der Waals surface area contributed by atoms with Crippen molar-refractivity contribution in [3.8, 4) is 0 Å². The van der Waals surface area contributed by atoms with E-state index >= 15 is 0 Å². The molecular formula is C14H15F2NO2. The highest BCUT2D eigenvalue weighted by Gasteiger charge is 2.10. The van der Waals surface area contributed by atoms with Crippen molar-refractivity contribution in [2.45, 2.75) is 26.7 Å². The van der Waals surface area contributed by atoms with Gasteiger partial charge in [0.2, 0.25) is 0 Å². The molecule has 0 amide bonds. The summed E-state index contributed by atoms with van der Waals surface area (Å²) in [5.74, 6) is -3.23. The molecule has 0 aliphatic rings. The molecule has 1 aromatic heterocycles. The van der Waals surface area contributed by atoms with E-state index in [1.54, 1.807) is 0 Å². The van der Waals surface area contributed by atoms with Gasteiger partial charge in [-0.2, -0.15) is 0 Å². The molecule has 2 aromatic rings. The molecule has 1 heterocycles. The van der Waals surface area contributed by atoms with Gasteiger partial charge >= 0.3 is 5.97 Å². The molecule has 0 spiro atoms. The number of aromatic carboxylic acids is 1. The van der Waals surface area contributed by atoms with E-state index in [0.717, 1.165) is 12.3 Å². The van der Waals surface area contributed by atoms with Gasteiger partial charge in [0.05, 0.1) is 5.56 Å². The first-order valence-corrected chi connectivity index (χ1v) is 5.98. The first kappa shape index (κ1) is 15.0. The van der Waals surface area contributed by atoms with Gasteiger partial charge < -0.3 is 5.11 Å². The summed E-state index contributed by atoms with van der Waals surface area (Å²) in [4.78, 5) is 14.2. The van der Waals surface area contributed by atoms with Gasteiger partial charge in [-0.05, 0) is 18.2 Å². The second-order valence-electron chi connectivity index (χ2n) is 3.96.